The lowest BCUT2D eigenvalue weighted by atomic mass is 10.1. The number of likely N-dealkylation sites (tertiary alicyclic amines) is 1. The van der Waals surface area contributed by atoms with E-state index in [4.69, 9.17) is 4.74 Å². The molecule has 0 bridgehead atoms. The lowest BCUT2D eigenvalue weighted by Crippen LogP contribution is -2.55. The predicted octanol–water partition coefficient (Wildman–Crippen LogP) is 1.38. The monoisotopic (exact) mass is 280 g/mol. The molecule has 1 aromatic rings. The molecule has 1 atom stereocenters. The van der Waals surface area contributed by atoms with E-state index >= 15 is 0 Å². The molecule has 0 radical (unpaired) electrons. The van der Waals surface area contributed by atoms with Gasteiger partial charge in [-0.3, -0.25) is 10.1 Å². The van der Waals surface area contributed by atoms with Crippen molar-refractivity contribution >= 4 is 6.09 Å². The molecular weight excluding hydrogens is 264 g/mol. The third kappa shape index (κ3) is 2.57. The molecule has 1 saturated heterocycles. The maximum atomic E-state index is 12.0. The highest BCUT2D eigenvalue weighted by atomic mass is 16.6. The molecule has 1 aliphatic rings. The highest BCUT2D eigenvalue weighted by Crippen LogP contribution is 2.30. The van der Waals surface area contributed by atoms with E-state index in [0.717, 1.165) is 10.5 Å². The second-order valence-corrected chi connectivity index (χ2v) is 4.69. The first-order valence-corrected chi connectivity index (χ1v) is 6.34. The second-order valence-electron chi connectivity index (χ2n) is 4.69. The van der Waals surface area contributed by atoms with Gasteiger partial charge in [0.15, 0.2) is 0 Å². The summed E-state index contributed by atoms with van der Waals surface area (Å²) in [7, 11) is 0. The number of rotatable bonds is 4. The maximum absolute atomic E-state index is 12.0. The van der Waals surface area contributed by atoms with Crippen LogP contribution in [0, 0.1) is 10.1 Å². The van der Waals surface area contributed by atoms with Crippen LogP contribution in [0.3, 0.4) is 0 Å². The van der Waals surface area contributed by atoms with Crippen molar-refractivity contribution in [2.45, 2.75) is 25.1 Å². The minimum Gasteiger partial charge on any atom is -0.444 e. The topological polar surface area (TPSA) is 92.9 Å². The number of amides is 1. The number of carbonyl (C=O) groups is 1. The molecule has 1 heterocycles. The SMILES string of the molecule is O=C(OCc1ccccc1)N1CCCC1(CO)[N+](=O)[O-]. The first-order valence-electron chi connectivity index (χ1n) is 6.34. The highest BCUT2D eigenvalue weighted by Gasteiger charge is 2.55. The van der Waals surface area contributed by atoms with Gasteiger partial charge in [0.05, 0.1) is 4.92 Å². The van der Waals surface area contributed by atoms with E-state index < -0.39 is 23.3 Å². The van der Waals surface area contributed by atoms with Gasteiger partial charge in [0.2, 0.25) is 0 Å². The molecule has 1 unspecified atom stereocenters. The highest BCUT2D eigenvalue weighted by molar-refractivity contribution is 5.69. The zero-order valence-corrected chi connectivity index (χ0v) is 10.9. The summed E-state index contributed by atoms with van der Waals surface area (Å²) in [4.78, 5) is 23.5. The lowest BCUT2D eigenvalue weighted by molar-refractivity contribution is -0.596. The van der Waals surface area contributed by atoms with Crippen LogP contribution in [0.15, 0.2) is 30.3 Å². The number of aliphatic hydroxyl groups excluding tert-OH is 1. The molecule has 20 heavy (non-hydrogen) atoms. The molecule has 1 amide bonds. The van der Waals surface area contributed by atoms with E-state index in [9.17, 15) is 20.0 Å². The zero-order valence-electron chi connectivity index (χ0n) is 10.9. The number of benzene rings is 1. The lowest BCUT2D eigenvalue weighted by Gasteiger charge is -2.27. The van der Waals surface area contributed by atoms with Gasteiger partial charge >= 0.3 is 11.8 Å². The fraction of sp³-hybridized carbons (Fsp3) is 0.462. The van der Waals surface area contributed by atoms with Gasteiger partial charge in [-0.25, -0.2) is 9.69 Å². The molecule has 7 nitrogen and oxygen atoms in total. The van der Waals surface area contributed by atoms with Gasteiger partial charge in [0.25, 0.3) is 0 Å². The Balaban J connectivity index is 2.03. The molecule has 1 aliphatic heterocycles. The molecule has 1 N–H and O–H groups in total. The molecule has 0 aromatic heterocycles. The number of hydrogen-bond acceptors (Lipinski definition) is 5. The predicted molar refractivity (Wildman–Crippen MR) is 69.4 cm³/mol. The van der Waals surface area contributed by atoms with Crippen molar-refractivity contribution in [3.63, 3.8) is 0 Å². The Morgan fingerprint density at radius 2 is 2.15 bits per heavy atom. The van der Waals surface area contributed by atoms with E-state index in [1.807, 2.05) is 18.2 Å². The van der Waals surface area contributed by atoms with Crippen molar-refractivity contribution in [2.75, 3.05) is 13.2 Å². The van der Waals surface area contributed by atoms with Gasteiger partial charge in [0.1, 0.15) is 13.2 Å². The van der Waals surface area contributed by atoms with Crippen molar-refractivity contribution < 1.29 is 19.6 Å². The molecule has 0 aliphatic carbocycles. The Labute approximate surface area is 115 Å². The first-order chi connectivity index (χ1) is 9.60. The number of nitro groups is 1. The van der Waals surface area contributed by atoms with Crippen molar-refractivity contribution in [1.29, 1.82) is 0 Å². The Kier molecular flexibility index (Phi) is 4.19. The summed E-state index contributed by atoms with van der Waals surface area (Å²) in [5.41, 5.74) is -0.941. The van der Waals surface area contributed by atoms with Crippen molar-refractivity contribution in [3.8, 4) is 0 Å². The smallest absolute Gasteiger partial charge is 0.415 e. The quantitative estimate of drug-likeness (QED) is 0.664. The fourth-order valence-corrected chi connectivity index (χ4v) is 2.33. The van der Waals surface area contributed by atoms with Gasteiger partial charge in [0, 0.05) is 13.0 Å². The zero-order chi connectivity index (χ0) is 14.6. The number of ether oxygens (including phenoxy) is 1. The molecule has 1 aromatic carbocycles. The van der Waals surface area contributed by atoms with Crippen LogP contribution in [-0.4, -0.2) is 39.8 Å². The molecule has 108 valence electrons. The molecule has 0 saturated carbocycles. The fourth-order valence-electron chi connectivity index (χ4n) is 2.33. The van der Waals surface area contributed by atoms with Crippen molar-refractivity contribution in [1.82, 2.24) is 4.90 Å². The van der Waals surface area contributed by atoms with Gasteiger partial charge in [-0.15, -0.1) is 0 Å². The minimum atomic E-state index is -1.74. The maximum Gasteiger partial charge on any atom is 0.415 e. The Morgan fingerprint density at radius 1 is 1.45 bits per heavy atom. The summed E-state index contributed by atoms with van der Waals surface area (Å²) in [6, 6.07) is 9.06. The van der Waals surface area contributed by atoms with Gasteiger partial charge in [-0.05, 0) is 12.0 Å². The summed E-state index contributed by atoms with van der Waals surface area (Å²) in [6.45, 7) is -0.439. The first kappa shape index (κ1) is 14.3. The average Bonchev–Trinajstić information content (AvgIpc) is 2.91. The van der Waals surface area contributed by atoms with E-state index in [-0.39, 0.29) is 19.6 Å². The number of aliphatic hydroxyl groups is 1. The van der Waals surface area contributed by atoms with Gasteiger partial charge in [-0.2, -0.15) is 0 Å². The van der Waals surface area contributed by atoms with Gasteiger partial charge in [-0.1, -0.05) is 30.3 Å². The Morgan fingerprint density at radius 3 is 2.75 bits per heavy atom. The van der Waals surface area contributed by atoms with Crippen molar-refractivity contribution in [2.24, 2.45) is 0 Å². The van der Waals surface area contributed by atoms with E-state index in [2.05, 4.69) is 0 Å². The van der Waals surface area contributed by atoms with Crippen LogP contribution in [-0.2, 0) is 11.3 Å². The van der Waals surface area contributed by atoms with Crippen LogP contribution in [0.5, 0.6) is 0 Å². The van der Waals surface area contributed by atoms with E-state index in [0.29, 0.717) is 6.42 Å². The summed E-state index contributed by atoms with van der Waals surface area (Å²) >= 11 is 0. The van der Waals surface area contributed by atoms with Crippen LogP contribution in [0.25, 0.3) is 0 Å². The minimum absolute atomic E-state index is 0.0510. The van der Waals surface area contributed by atoms with Crippen LogP contribution in [0.1, 0.15) is 18.4 Å². The number of nitrogens with zero attached hydrogens (tertiary/aromatic N) is 2. The van der Waals surface area contributed by atoms with Crippen molar-refractivity contribution in [3.05, 3.63) is 46.0 Å². The van der Waals surface area contributed by atoms with Gasteiger partial charge < -0.3 is 9.84 Å². The molecule has 7 heteroatoms. The normalized spacial score (nSPS) is 21.8. The van der Waals surface area contributed by atoms with Crippen LogP contribution in [0.4, 0.5) is 4.79 Å². The number of carbonyl (C=O) groups excluding carboxylic acids is 1. The molecule has 2 rings (SSSR count). The molecule has 0 spiro atoms. The van der Waals surface area contributed by atoms with E-state index in [1.165, 1.54) is 0 Å². The Hall–Kier alpha value is -2.15. The van der Waals surface area contributed by atoms with E-state index in [1.54, 1.807) is 12.1 Å². The molecule has 1 fully saturated rings. The van der Waals surface area contributed by atoms with Crippen LogP contribution < -0.4 is 0 Å². The third-order valence-corrected chi connectivity index (χ3v) is 3.48. The van der Waals surface area contributed by atoms with Crippen LogP contribution in [0.2, 0.25) is 0 Å². The average molecular weight is 280 g/mol. The molecular formula is C13H16N2O5. The standard InChI is InChI=1S/C13H16N2O5/c16-10-13(15(18)19)7-4-8-14(13)12(17)20-9-11-5-2-1-3-6-11/h1-3,5-6,16H,4,7-10H2. The number of hydrogen-bond donors (Lipinski definition) is 1. The largest absolute Gasteiger partial charge is 0.444 e. The third-order valence-electron chi connectivity index (χ3n) is 3.48. The second kappa shape index (κ2) is 5.87. The Bertz CT molecular complexity index is 493. The summed E-state index contributed by atoms with van der Waals surface area (Å²) in [5, 5.41) is 20.4. The summed E-state index contributed by atoms with van der Waals surface area (Å²) < 4.78 is 5.09. The summed E-state index contributed by atoms with van der Waals surface area (Å²) in [6.07, 6.45) is -0.157. The summed E-state index contributed by atoms with van der Waals surface area (Å²) in [5.74, 6) is 0. The van der Waals surface area contributed by atoms with Crippen LogP contribution >= 0.6 is 0 Å².